The smallest absolute Gasteiger partial charge is 0.335 e. The molecular weight excluding hydrogens is 248 g/mol. The standard InChI is InChI=1S/C13H14N2O4/c1-14-11(18)13(6-7-13)12(19)15-9-4-2-8(3-5-9)10(16)17/h2-5H,6-7H2,1H3,(H,14,18)(H,15,19)(H,16,17). The molecule has 1 aliphatic carbocycles. The van der Waals surface area contributed by atoms with E-state index in [0.29, 0.717) is 18.5 Å². The van der Waals surface area contributed by atoms with Crippen molar-refractivity contribution in [1.29, 1.82) is 0 Å². The molecule has 2 amide bonds. The molecule has 1 aromatic rings. The minimum atomic E-state index is -1.03. The minimum absolute atomic E-state index is 0.144. The fraction of sp³-hybridized carbons (Fsp3) is 0.308. The molecule has 0 heterocycles. The van der Waals surface area contributed by atoms with Crippen molar-refractivity contribution in [2.45, 2.75) is 12.8 Å². The number of carbonyl (C=O) groups excluding carboxylic acids is 2. The Morgan fingerprint density at radius 1 is 1.11 bits per heavy atom. The van der Waals surface area contributed by atoms with Gasteiger partial charge in [-0.2, -0.15) is 0 Å². The summed E-state index contributed by atoms with van der Waals surface area (Å²) in [5.41, 5.74) is -0.337. The normalized spacial score (nSPS) is 15.4. The second-order valence-electron chi connectivity index (χ2n) is 4.50. The van der Waals surface area contributed by atoms with Crippen molar-refractivity contribution in [3.05, 3.63) is 29.8 Å². The van der Waals surface area contributed by atoms with Gasteiger partial charge in [0.2, 0.25) is 11.8 Å². The molecule has 0 radical (unpaired) electrons. The molecule has 6 heteroatoms. The second kappa shape index (κ2) is 4.72. The maximum Gasteiger partial charge on any atom is 0.335 e. The van der Waals surface area contributed by atoms with Crippen LogP contribution in [0.15, 0.2) is 24.3 Å². The number of carbonyl (C=O) groups is 3. The number of amides is 2. The van der Waals surface area contributed by atoms with Crippen molar-refractivity contribution in [1.82, 2.24) is 5.32 Å². The van der Waals surface area contributed by atoms with E-state index in [1.807, 2.05) is 0 Å². The molecule has 6 nitrogen and oxygen atoms in total. The highest BCUT2D eigenvalue weighted by Crippen LogP contribution is 2.46. The van der Waals surface area contributed by atoms with Crippen LogP contribution in [0.1, 0.15) is 23.2 Å². The molecule has 0 unspecified atom stereocenters. The van der Waals surface area contributed by atoms with Crippen LogP contribution in [0.3, 0.4) is 0 Å². The number of benzene rings is 1. The van der Waals surface area contributed by atoms with Crippen molar-refractivity contribution in [2.24, 2.45) is 5.41 Å². The van der Waals surface area contributed by atoms with E-state index in [4.69, 9.17) is 5.11 Å². The van der Waals surface area contributed by atoms with Crippen LogP contribution in [0.5, 0.6) is 0 Å². The fourth-order valence-corrected chi connectivity index (χ4v) is 1.87. The van der Waals surface area contributed by atoms with E-state index in [-0.39, 0.29) is 17.4 Å². The summed E-state index contributed by atoms with van der Waals surface area (Å²) in [6.07, 6.45) is 1.07. The van der Waals surface area contributed by atoms with Gasteiger partial charge in [-0.3, -0.25) is 9.59 Å². The lowest BCUT2D eigenvalue weighted by atomic mass is 10.1. The molecule has 100 valence electrons. The minimum Gasteiger partial charge on any atom is -0.478 e. The number of carboxylic acids is 1. The third kappa shape index (κ3) is 2.42. The van der Waals surface area contributed by atoms with Crippen molar-refractivity contribution < 1.29 is 19.5 Å². The van der Waals surface area contributed by atoms with E-state index in [1.54, 1.807) is 0 Å². The van der Waals surface area contributed by atoms with Crippen molar-refractivity contribution in [3.63, 3.8) is 0 Å². The molecule has 0 spiro atoms. The largest absolute Gasteiger partial charge is 0.478 e. The highest BCUT2D eigenvalue weighted by atomic mass is 16.4. The van der Waals surface area contributed by atoms with Crippen LogP contribution < -0.4 is 10.6 Å². The summed E-state index contributed by atoms with van der Waals surface area (Å²) in [6, 6.07) is 5.80. The zero-order chi connectivity index (χ0) is 14.0. The first-order chi connectivity index (χ1) is 8.99. The Labute approximate surface area is 109 Å². The summed E-state index contributed by atoms with van der Waals surface area (Å²) in [7, 11) is 1.50. The molecule has 0 aromatic heterocycles. The van der Waals surface area contributed by atoms with Crippen molar-refractivity contribution in [2.75, 3.05) is 12.4 Å². The Morgan fingerprint density at radius 3 is 2.11 bits per heavy atom. The van der Waals surface area contributed by atoms with Crippen LogP contribution in [0.2, 0.25) is 0 Å². The van der Waals surface area contributed by atoms with Gasteiger partial charge in [-0.25, -0.2) is 4.79 Å². The molecule has 1 saturated carbocycles. The van der Waals surface area contributed by atoms with Gasteiger partial charge in [0.15, 0.2) is 0 Å². The zero-order valence-electron chi connectivity index (χ0n) is 10.4. The van der Waals surface area contributed by atoms with Gasteiger partial charge in [0.1, 0.15) is 5.41 Å². The van der Waals surface area contributed by atoms with Gasteiger partial charge in [0.05, 0.1) is 5.56 Å². The zero-order valence-corrected chi connectivity index (χ0v) is 10.4. The first-order valence-corrected chi connectivity index (χ1v) is 5.86. The summed E-state index contributed by atoms with van der Waals surface area (Å²) in [4.78, 5) is 34.3. The predicted octanol–water partition coefficient (Wildman–Crippen LogP) is 0.849. The topological polar surface area (TPSA) is 95.5 Å². The van der Waals surface area contributed by atoms with Gasteiger partial charge in [0.25, 0.3) is 0 Å². The monoisotopic (exact) mass is 262 g/mol. The summed E-state index contributed by atoms with van der Waals surface area (Å²) in [6.45, 7) is 0. The van der Waals surface area contributed by atoms with Crippen LogP contribution in [-0.4, -0.2) is 29.9 Å². The Morgan fingerprint density at radius 2 is 1.68 bits per heavy atom. The van der Waals surface area contributed by atoms with Gasteiger partial charge >= 0.3 is 5.97 Å². The third-order valence-corrected chi connectivity index (χ3v) is 3.24. The Balaban J connectivity index is 2.07. The lowest BCUT2D eigenvalue weighted by Gasteiger charge is -2.13. The molecule has 1 aromatic carbocycles. The van der Waals surface area contributed by atoms with Crippen LogP contribution in [0, 0.1) is 5.41 Å². The number of nitrogens with one attached hydrogen (secondary N) is 2. The number of carboxylic acid groups (broad SMARTS) is 1. The summed E-state index contributed by atoms with van der Waals surface area (Å²) in [5, 5.41) is 13.9. The van der Waals surface area contributed by atoms with Crippen LogP contribution in [-0.2, 0) is 9.59 Å². The lowest BCUT2D eigenvalue weighted by Crippen LogP contribution is -2.38. The molecule has 0 bridgehead atoms. The van der Waals surface area contributed by atoms with E-state index in [0.717, 1.165) is 0 Å². The fourth-order valence-electron chi connectivity index (χ4n) is 1.87. The SMILES string of the molecule is CNC(=O)C1(C(=O)Nc2ccc(C(=O)O)cc2)CC1. The van der Waals surface area contributed by atoms with E-state index < -0.39 is 11.4 Å². The molecule has 19 heavy (non-hydrogen) atoms. The van der Waals surface area contributed by atoms with E-state index >= 15 is 0 Å². The Hall–Kier alpha value is -2.37. The number of hydrogen-bond acceptors (Lipinski definition) is 3. The lowest BCUT2D eigenvalue weighted by molar-refractivity contribution is -0.134. The third-order valence-electron chi connectivity index (χ3n) is 3.24. The molecule has 2 rings (SSSR count). The van der Waals surface area contributed by atoms with Crippen LogP contribution in [0.4, 0.5) is 5.69 Å². The highest BCUT2D eigenvalue weighted by Gasteiger charge is 2.56. The average molecular weight is 262 g/mol. The maximum atomic E-state index is 12.0. The van der Waals surface area contributed by atoms with Gasteiger partial charge in [0, 0.05) is 12.7 Å². The molecule has 1 aliphatic rings. The first-order valence-electron chi connectivity index (χ1n) is 5.86. The molecule has 3 N–H and O–H groups in total. The van der Waals surface area contributed by atoms with Gasteiger partial charge in [-0.1, -0.05) is 0 Å². The number of aromatic carboxylic acids is 1. The van der Waals surface area contributed by atoms with E-state index in [2.05, 4.69) is 10.6 Å². The Bertz CT molecular complexity index is 532. The summed E-state index contributed by atoms with van der Waals surface area (Å²) >= 11 is 0. The number of hydrogen-bond donors (Lipinski definition) is 3. The van der Waals surface area contributed by atoms with E-state index in [9.17, 15) is 14.4 Å². The molecule has 0 aliphatic heterocycles. The number of rotatable bonds is 4. The van der Waals surface area contributed by atoms with Gasteiger partial charge in [-0.05, 0) is 37.1 Å². The van der Waals surface area contributed by atoms with Crippen molar-refractivity contribution in [3.8, 4) is 0 Å². The maximum absolute atomic E-state index is 12.0. The summed E-state index contributed by atoms with van der Waals surface area (Å²) in [5.74, 6) is -1.66. The highest BCUT2D eigenvalue weighted by molar-refractivity contribution is 6.13. The van der Waals surface area contributed by atoms with Crippen LogP contribution in [0.25, 0.3) is 0 Å². The number of anilines is 1. The molecular formula is C13H14N2O4. The molecule has 0 saturated heterocycles. The molecule has 1 fully saturated rings. The van der Waals surface area contributed by atoms with Crippen molar-refractivity contribution >= 4 is 23.5 Å². The van der Waals surface area contributed by atoms with Crippen LogP contribution >= 0.6 is 0 Å². The Kier molecular flexibility index (Phi) is 3.25. The second-order valence-corrected chi connectivity index (χ2v) is 4.50. The van der Waals surface area contributed by atoms with Gasteiger partial charge < -0.3 is 15.7 Å². The first kappa shape index (κ1) is 13.1. The average Bonchev–Trinajstić information content (AvgIpc) is 3.20. The quantitative estimate of drug-likeness (QED) is 0.701. The predicted molar refractivity (Wildman–Crippen MR) is 67.8 cm³/mol. The summed E-state index contributed by atoms with van der Waals surface area (Å²) < 4.78 is 0. The van der Waals surface area contributed by atoms with Gasteiger partial charge in [-0.15, -0.1) is 0 Å². The van der Waals surface area contributed by atoms with E-state index in [1.165, 1.54) is 31.3 Å². The molecule has 0 atom stereocenters.